The summed E-state index contributed by atoms with van der Waals surface area (Å²) in [5.41, 5.74) is 2.42. The summed E-state index contributed by atoms with van der Waals surface area (Å²) in [6.45, 7) is 6.94. The van der Waals surface area contributed by atoms with Gasteiger partial charge in [-0.3, -0.25) is 4.79 Å². The van der Waals surface area contributed by atoms with Gasteiger partial charge in [0.25, 0.3) is 0 Å². The van der Waals surface area contributed by atoms with Crippen LogP contribution in [-0.4, -0.2) is 53.0 Å². The van der Waals surface area contributed by atoms with E-state index in [-0.39, 0.29) is 11.5 Å². The van der Waals surface area contributed by atoms with Crippen LogP contribution in [0.2, 0.25) is 0 Å². The molecule has 6 heteroatoms. The number of rotatable bonds is 5. The number of hydrogen-bond donors (Lipinski definition) is 2. The number of aryl methyl sites for hydroxylation is 1. The molecule has 0 spiro atoms. The van der Waals surface area contributed by atoms with Crippen molar-refractivity contribution in [2.45, 2.75) is 26.7 Å². The Hall–Kier alpha value is -2.34. The van der Waals surface area contributed by atoms with E-state index >= 15 is 0 Å². The fourth-order valence-corrected chi connectivity index (χ4v) is 3.47. The number of carboxylic acids is 1. The van der Waals surface area contributed by atoms with Crippen molar-refractivity contribution in [3.63, 3.8) is 0 Å². The minimum Gasteiger partial charge on any atom is -0.478 e. The predicted molar refractivity (Wildman–Crippen MR) is 93.7 cm³/mol. The first-order valence-corrected chi connectivity index (χ1v) is 8.33. The number of fused-ring (bicyclic) bond motifs is 1. The monoisotopic (exact) mass is 329 g/mol. The van der Waals surface area contributed by atoms with Crippen LogP contribution < -0.4 is 4.90 Å². The molecule has 0 atom stereocenters. The molecule has 24 heavy (non-hydrogen) atoms. The Morgan fingerprint density at radius 3 is 2.62 bits per heavy atom. The first kappa shape index (κ1) is 16.5. The van der Waals surface area contributed by atoms with Gasteiger partial charge in [0, 0.05) is 42.3 Å². The summed E-state index contributed by atoms with van der Waals surface area (Å²) in [6, 6.07) is 5.51. The number of amides is 1. The van der Waals surface area contributed by atoms with Crippen molar-refractivity contribution < 1.29 is 14.7 Å². The van der Waals surface area contributed by atoms with Gasteiger partial charge in [0.05, 0.1) is 5.56 Å². The predicted octanol–water partition coefficient (Wildman–Crippen LogP) is 2.62. The molecule has 0 radical (unpaired) electrons. The van der Waals surface area contributed by atoms with Gasteiger partial charge >= 0.3 is 5.97 Å². The van der Waals surface area contributed by atoms with Gasteiger partial charge in [-0.25, -0.2) is 4.79 Å². The van der Waals surface area contributed by atoms with Crippen LogP contribution in [0, 0.1) is 6.92 Å². The van der Waals surface area contributed by atoms with Crippen LogP contribution in [0.25, 0.3) is 10.9 Å². The van der Waals surface area contributed by atoms with Crippen molar-refractivity contribution in [2.24, 2.45) is 0 Å². The summed E-state index contributed by atoms with van der Waals surface area (Å²) >= 11 is 0. The first-order chi connectivity index (χ1) is 11.5. The van der Waals surface area contributed by atoms with Crippen molar-refractivity contribution in [3.8, 4) is 0 Å². The van der Waals surface area contributed by atoms with Crippen LogP contribution in [0.4, 0.5) is 5.69 Å². The number of anilines is 1. The number of likely N-dealkylation sites (tertiary alicyclic amines) is 1. The van der Waals surface area contributed by atoms with Crippen LogP contribution in [0.15, 0.2) is 18.2 Å². The highest BCUT2D eigenvalue weighted by Gasteiger charge is 2.19. The van der Waals surface area contributed by atoms with Crippen molar-refractivity contribution >= 4 is 28.5 Å². The third kappa shape index (κ3) is 3.14. The minimum absolute atomic E-state index is 0.0299. The molecule has 128 valence electrons. The molecular formula is C18H23N3O3. The number of carbonyl (C=O) groups is 2. The Kier molecular flexibility index (Phi) is 4.57. The zero-order chi connectivity index (χ0) is 17.3. The lowest BCUT2D eigenvalue weighted by Gasteiger charge is -2.24. The van der Waals surface area contributed by atoms with Crippen molar-refractivity contribution in [3.05, 3.63) is 29.5 Å². The van der Waals surface area contributed by atoms with E-state index in [1.165, 1.54) is 12.8 Å². The molecule has 1 aromatic heterocycles. The van der Waals surface area contributed by atoms with E-state index in [0.717, 1.165) is 30.8 Å². The summed E-state index contributed by atoms with van der Waals surface area (Å²) in [7, 11) is 0. The summed E-state index contributed by atoms with van der Waals surface area (Å²) in [4.78, 5) is 30.8. The van der Waals surface area contributed by atoms with E-state index in [4.69, 9.17) is 0 Å². The summed E-state index contributed by atoms with van der Waals surface area (Å²) < 4.78 is 0. The molecule has 1 saturated heterocycles. The van der Waals surface area contributed by atoms with E-state index in [0.29, 0.717) is 17.6 Å². The number of hydrogen-bond acceptors (Lipinski definition) is 3. The van der Waals surface area contributed by atoms with E-state index in [9.17, 15) is 14.7 Å². The van der Waals surface area contributed by atoms with Crippen LogP contribution >= 0.6 is 0 Å². The Labute approximate surface area is 141 Å². The zero-order valence-electron chi connectivity index (χ0n) is 14.1. The minimum atomic E-state index is -0.956. The molecule has 2 heterocycles. The molecule has 1 fully saturated rings. The normalized spacial score (nSPS) is 15.1. The molecule has 6 nitrogen and oxygen atoms in total. The van der Waals surface area contributed by atoms with Gasteiger partial charge in [0.1, 0.15) is 0 Å². The Balaban J connectivity index is 1.90. The first-order valence-electron chi connectivity index (χ1n) is 8.33. The number of carbonyl (C=O) groups excluding carboxylic acids is 1. The second-order valence-electron chi connectivity index (χ2n) is 6.38. The lowest BCUT2D eigenvalue weighted by molar-refractivity contribution is -0.116. The second-order valence-corrected chi connectivity index (χ2v) is 6.38. The molecule has 2 N–H and O–H groups in total. The van der Waals surface area contributed by atoms with Gasteiger partial charge in [0.15, 0.2) is 0 Å². The van der Waals surface area contributed by atoms with Gasteiger partial charge in [0.2, 0.25) is 5.91 Å². The molecule has 2 aromatic rings. The molecule has 1 aliphatic heterocycles. The molecular weight excluding hydrogens is 306 g/mol. The molecule has 3 rings (SSSR count). The van der Waals surface area contributed by atoms with Crippen molar-refractivity contribution in [1.82, 2.24) is 9.88 Å². The largest absolute Gasteiger partial charge is 0.478 e. The summed E-state index contributed by atoms with van der Waals surface area (Å²) in [6.07, 6.45) is 2.44. The number of benzene rings is 1. The zero-order valence-corrected chi connectivity index (χ0v) is 14.1. The van der Waals surface area contributed by atoms with Gasteiger partial charge in [-0.2, -0.15) is 0 Å². The number of carboxylic acid groups (broad SMARTS) is 1. The Morgan fingerprint density at radius 2 is 2.00 bits per heavy atom. The lowest BCUT2D eigenvalue weighted by Crippen LogP contribution is -2.36. The number of H-pyrrole nitrogens is 1. The maximum Gasteiger partial charge on any atom is 0.338 e. The number of aromatic nitrogens is 1. The SMILES string of the molecule is CC(=O)N(CCN1CCCC1)c1ccc2[nH]c(C)c(C(=O)O)c2c1. The second kappa shape index (κ2) is 6.65. The highest BCUT2D eigenvalue weighted by atomic mass is 16.4. The van der Waals surface area contributed by atoms with Gasteiger partial charge < -0.3 is 19.9 Å². The quantitative estimate of drug-likeness (QED) is 0.884. The van der Waals surface area contributed by atoms with Crippen LogP contribution in [0.5, 0.6) is 0 Å². The number of nitrogens with zero attached hydrogens (tertiary/aromatic N) is 2. The standard InChI is InChI=1S/C18H23N3O3/c1-12-17(18(23)24)15-11-14(5-6-16(15)19-12)21(13(2)22)10-9-20-7-3-4-8-20/h5-6,11,19H,3-4,7-10H2,1-2H3,(H,23,24). The fraction of sp³-hybridized carbons (Fsp3) is 0.444. The lowest BCUT2D eigenvalue weighted by atomic mass is 10.1. The fourth-order valence-electron chi connectivity index (χ4n) is 3.47. The van der Waals surface area contributed by atoms with Gasteiger partial charge in [-0.1, -0.05) is 0 Å². The van der Waals surface area contributed by atoms with Crippen LogP contribution in [0.1, 0.15) is 35.8 Å². The molecule has 0 saturated carbocycles. The van der Waals surface area contributed by atoms with Crippen LogP contribution in [0.3, 0.4) is 0 Å². The van der Waals surface area contributed by atoms with Crippen molar-refractivity contribution in [1.29, 1.82) is 0 Å². The topological polar surface area (TPSA) is 76.6 Å². The molecule has 1 amide bonds. The molecule has 0 bridgehead atoms. The smallest absolute Gasteiger partial charge is 0.338 e. The summed E-state index contributed by atoms with van der Waals surface area (Å²) in [5, 5.41) is 10.1. The highest BCUT2D eigenvalue weighted by Crippen LogP contribution is 2.27. The number of nitrogens with one attached hydrogen (secondary N) is 1. The Morgan fingerprint density at radius 1 is 1.29 bits per heavy atom. The maximum atomic E-state index is 12.1. The average molecular weight is 329 g/mol. The molecule has 1 aliphatic rings. The van der Waals surface area contributed by atoms with E-state index in [1.54, 1.807) is 24.8 Å². The molecule has 0 unspecified atom stereocenters. The number of aromatic carboxylic acids is 1. The van der Waals surface area contributed by atoms with E-state index in [2.05, 4.69) is 9.88 Å². The third-order valence-corrected chi connectivity index (χ3v) is 4.71. The number of aromatic amines is 1. The van der Waals surface area contributed by atoms with Gasteiger partial charge in [-0.15, -0.1) is 0 Å². The van der Waals surface area contributed by atoms with Crippen LogP contribution in [-0.2, 0) is 4.79 Å². The summed E-state index contributed by atoms with van der Waals surface area (Å²) in [5.74, 6) is -0.986. The van der Waals surface area contributed by atoms with Gasteiger partial charge in [-0.05, 0) is 51.1 Å². The third-order valence-electron chi connectivity index (χ3n) is 4.71. The molecule has 0 aliphatic carbocycles. The van der Waals surface area contributed by atoms with Crippen molar-refractivity contribution in [2.75, 3.05) is 31.1 Å². The Bertz CT molecular complexity index is 775. The maximum absolute atomic E-state index is 12.1. The van der Waals surface area contributed by atoms with E-state index < -0.39 is 5.97 Å². The van der Waals surface area contributed by atoms with E-state index in [1.807, 2.05) is 12.1 Å². The average Bonchev–Trinajstić information content (AvgIpc) is 3.13. The molecule has 1 aromatic carbocycles. The highest BCUT2D eigenvalue weighted by molar-refractivity contribution is 6.06.